The van der Waals surface area contributed by atoms with Crippen molar-refractivity contribution < 1.29 is 0 Å². The first-order valence-corrected chi connectivity index (χ1v) is 5.21. The fraction of sp³-hybridized carbons (Fsp3) is 1.00. The maximum Gasteiger partial charge on any atom is 0.00313 e. The Balaban J connectivity index is 2.77. The van der Waals surface area contributed by atoms with Crippen molar-refractivity contribution in [2.45, 2.75) is 45.1 Å². The third-order valence-corrected chi connectivity index (χ3v) is 2.10. The molecule has 0 rings (SSSR count). The van der Waals surface area contributed by atoms with Crippen molar-refractivity contribution in [2.75, 3.05) is 5.33 Å². The second kappa shape index (κ2) is 7.55. The van der Waals surface area contributed by atoms with Crippen LogP contribution in [-0.2, 0) is 0 Å². The van der Waals surface area contributed by atoms with Crippen LogP contribution in [0.5, 0.6) is 0 Å². The van der Waals surface area contributed by atoms with Crippen molar-refractivity contribution in [2.24, 2.45) is 5.73 Å². The van der Waals surface area contributed by atoms with Crippen LogP contribution < -0.4 is 5.73 Å². The smallest absolute Gasteiger partial charge is 0.00313 e. The molecular weight excluding hydrogens is 190 g/mol. The molecule has 0 spiro atoms. The molecule has 2 N–H and O–H groups in total. The Morgan fingerprint density at radius 3 is 2.30 bits per heavy atom. The van der Waals surface area contributed by atoms with Crippen molar-refractivity contribution in [3.63, 3.8) is 0 Å². The highest BCUT2D eigenvalue weighted by Crippen LogP contribution is 2.05. The highest BCUT2D eigenvalue weighted by atomic mass is 79.9. The van der Waals surface area contributed by atoms with Gasteiger partial charge in [0.1, 0.15) is 0 Å². The zero-order valence-corrected chi connectivity index (χ0v) is 8.36. The van der Waals surface area contributed by atoms with Gasteiger partial charge in [-0.05, 0) is 19.8 Å². The van der Waals surface area contributed by atoms with Crippen molar-refractivity contribution in [3.05, 3.63) is 0 Å². The van der Waals surface area contributed by atoms with Crippen LogP contribution in [-0.4, -0.2) is 11.4 Å². The van der Waals surface area contributed by atoms with Gasteiger partial charge < -0.3 is 5.73 Å². The van der Waals surface area contributed by atoms with Crippen LogP contribution in [0.3, 0.4) is 0 Å². The van der Waals surface area contributed by atoms with E-state index in [1.54, 1.807) is 0 Å². The Morgan fingerprint density at radius 2 is 1.80 bits per heavy atom. The van der Waals surface area contributed by atoms with Crippen LogP contribution in [0.1, 0.15) is 39.0 Å². The monoisotopic (exact) mass is 207 g/mol. The van der Waals surface area contributed by atoms with Gasteiger partial charge in [-0.1, -0.05) is 35.2 Å². The first-order chi connectivity index (χ1) is 4.77. The van der Waals surface area contributed by atoms with E-state index in [2.05, 4.69) is 22.9 Å². The van der Waals surface area contributed by atoms with Crippen molar-refractivity contribution in [3.8, 4) is 0 Å². The lowest BCUT2D eigenvalue weighted by Gasteiger charge is -2.02. The molecule has 0 aromatic heterocycles. The first-order valence-electron chi connectivity index (χ1n) is 4.09. The predicted octanol–water partition coefficient (Wildman–Crippen LogP) is 2.68. The lowest BCUT2D eigenvalue weighted by atomic mass is 10.1. The van der Waals surface area contributed by atoms with Crippen LogP contribution in [0.2, 0.25) is 0 Å². The van der Waals surface area contributed by atoms with Gasteiger partial charge in [0.05, 0.1) is 0 Å². The molecule has 0 saturated heterocycles. The zero-order valence-electron chi connectivity index (χ0n) is 6.78. The molecule has 10 heavy (non-hydrogen) atoms. The molecule has 0 aliphatic carbocycles. The normalized spacial score (nSPS) is 13.5. The van der Waals surface area contributed by atoms with E-state index in [4.69, 9.17) is 5.73 Å². The average molecular weight is 208 g/mol. The first kappa shape index (κ1) is 10.4. The van der Waals surface area contributed by atoms with Crippen LogP contribution in [0.15, 0.2) is 0 Å². The van der Waals surface area contributed by atoms with E-state index in [1.807, 2.05) is 0 Å². The predicted molar refractivity (Wildman–Crippen MR) is 50.5 cm³/mol. The number of hydrogen-bond donors (Lipinski definition) is 1. The van der Waals surface area contributed by atoms with E-state index in [0.717, 1.165) is 5.33 Å². The average Bonchev–Trinajstić information content (AvgIpc) is 1.87. The van der Waals surface area contributed by atoms with E-state index >= 15 is 0 Å². The lowest BCUT2D eigenvalue weighted by Crippen LogP contribution is -2.13. The fourth-order valence-electron chi connectivity index (χ4n) is 0.914. The van der Waals surface area contributed by atoms with Gasteiger partial charge in [0.25, 0.3) is 0 Å². The molecule has 1 unspecified atom stereocenters. The summed E-state index contributed by atoms with van der Waals surface area (Å²) in [7, 11) is 0. The SMILES string of the molecule is CC(N)CCCCCCBr. The molecule has 1 nitrogen and oxygen atoms in total. The fourth-order valence-corrected chi connectivity index (χ4v) is 1.31. The molecule has 0 aliphatic heterocycles. The highest BCUT2D eigenvalue weighted by Gasteiger charge is 1.93. The summed E-state index contributed by atoms with van der Waals surface area (Å²) in [6.07, 6.45) is 6.47. The number of rotatable bonds is 6. The molecule has 0 bridgehead atoms. The summed E-state index contributed by atoms with van der Waals surface area (Å²) in [5.74, 6) is 0. The summed E-state index contributed by atoms with van der Waals surface area (Å²) < 4.78 is 0. The lowest BCUT2D eigenvalue weighted by molar-refractivity contribution is 0.577. The van der Waals surface area contributed by atoms with Gasteiger partial charge in [0.15, 0.2) is 0 Å². The molecule has 0 fully saturated rings. The van der Waals surface area contributed by atoms with Gasteiger partial charge in [0.2, 0.25) is 0 Å². The molecule has 0 aliphatic rings. The molecule has 2 heteroatoms. The standard InChI is InChI=1S/C8H18BrN/c1-8(10)6-4-2-3-5-7-9/h8H,2-7,10H2,1H3. The molecule has 0 heterocycles. The Hall–Kier alpha value is 0.440. The minimum absolute atomic E-state index is 0.393. The van der Waals surface area contributed by atoms with Crippen molar-refractivity contribution in [1.82, 2.24) is 0 Å². The molecule has 0 amide bonds. The van der Waals surface area contributed by atoms with E-state index < -0.39 is 0 Å². The number of hydrogen-bond acceptors (Lipinski definition) is 1. The number of unbranched alkanes of at least 4 members (excludes halogenated alkanes) is 3. The van der Waals surface area contributed by atoms with E-state index in [-0.39, 0.29) is 0 Å². The van der Waals surface area contributed by atoms with E-state index in [1.165, 1.54) is 32.1 Å². The van der Waals surface area contributed by atoms with Gasteiger partial charge in [-0.25, -0.2) is 0 Å². The molecule has 0 aromatic carbocycles. The maximum atomic E-state index is 5.60. The zero-order chi connectivity index (χ0) is 7.82. The number of nitrogens with two attached hydrogens (primary N) is 1. The quantitative estimate of drug-likeness (QED) is 0.527. The molecular formula is C8H18BrN. The van der Waals surface area contributed by atoms with Crippen LogP contribution in [0.25, 0.3) is 0 Å². The molecule has 0 saturated carbocycles. The third kappa shape index (κ3) is 8.44. The number of halogens is 1. The van der Waals surface area contributed by atoms with Gasteiger partial charge in [-0.15, -0.1) is 0 Å². The summed E-state index contributed by atoms with van der Waals surface area (Å²) in [6.45, 7) is 2.07. The second-order valence-electron chi connectivity index (χ2n) is 2.87. The van der Waals surface area contributed by atoms with Crippen molar-refractivity contribution in [1.29, 1.82) is 0 Å². The summed E-state index contributed by atoms with van der Waals surface area (Å²) in [5.41, 5.74) is 5.60. The molecule has 0 aromatic rings. The van der Waals surface area contributed by atoms with Gasteiger partial charge in [-0.3, -0.25) is 0 Å². The summed E-state index contributed by atoms with van der Waals surface area (Å²) in [6, 6.07) is 0.393. The van der Waals surface area contributed by atoms with Gasteiger partial charge >= 0.3 is 0 Å². The van der Waals surface area contributed by atoms with Crippen LogP contribution in [0.4, 0.5) is 0 Å². The number of alkyl halides is 1. The molecule has 62 valence electrons. The largest absolute Gasteiger partial charge is 0.328 e. The second-order valence-corrected chi connectivity index (χ2v) is 3.66. The van der Waals surface area contributed by atoms with Crippen LogP contribution in [0, 0.1) is 0 Å². The third-order valence-electron chi connectivity index (χ3n) is 1.54. The Morgan fingerprint density at radius 1 is 1.20 bits per heavy atom. The van der Waals surface area contributed by atoms with Gasteiger partial charge in [-0.2, -0.15) is 0 Å². The summed E-state index contributed by atoms with van der Waals surface area (Å²) >= 11 is 3.41. The Kier molecular flexibility index (Phi) is 7.88. The summed E-state index contributed by atoms with van der Waals surface area (Å²) in [4.78, 5) is 0. The topological polar surface area (TPSA) is 26.0 Å². The Bertz CT molecular complexity index is 64.3. The van der Waals surface area contributed by atoms with Gasteiger partial charge in [0, 0.05) is 11.4 Å². The Labute approximate surface area is 72.5 Å². The molecule has 1 atom stereocenters. The summed E-state index contributed by atoms with van der Waals surface area (Å²) in [5, 5.41) is 1.14. The highest BCUT2D eigenvalue weighted by molar-refractivity contribution is 9.09. The van der Waals surface area contributed by atoms with E-state index in [9.17, 15) is 0 Å². The maximum absolute atomic E-state index is 5.60. The van der Waals surface area contributed by atoms with Crippen molar-refractivity contribution >= 4 is 15.9 Å². The minimum atomic E-state index is 0.393. The minimum Gasteiger partial charge on any atom is -0.328 e. The van der Waals surface area contributed by atoms with E-state index in [0.29, 0.717) is 6.04 Å². The van der Waals surface area contributed by atoms with Crippen LogP contribution >= 0.6 is 15.9 Å². The molecule has 0 radical (unpaired) electrons.